The van der Waals surface area contributed by atoms with E-state index in [9.17, 15) is 13.2 Å². The molecule has 8 heteroatoms. The van der Waals surface area contributed by atoms with Crippen molar-refractivity contribution in [1.29, 1.82) is 0 Å². The molecule has 0 radical (unpaired) electrons. The molecule has 1 saturated heterocycles. The summed E-state index contributed by atoms with van der Waals surface area (Å²) >= 11 is 0. The van der Waals surface area contributed by atoms with E-state index >= 15 is 0 Å². The molecule has 3 aromatic rings. The number of amides is 1. The number of ether oxygens (including phenoxy) is 1. The summed E-state index contributed by atoms with van der Waals surface area (Å²) in [7, 11) is -3.87. The summed E-state index contributed by atoms with van der Waals surface area (Å²) in [6.45, 7) is 5.32. The van der Waals surface area contributed by atoms with Crippen LogP contribution in [0, 0.1) is 6.92 Å². The first-order valence-electron chi connectivity index (χ1n) is 12.3. The van der Waals surface area contributed by atoms with Crippen LogP contribution in [0.15, 0.2) is 77.7 Å². The molecule has 1 atom stereocenters. The third-order valence-corrected chi connectivity index (χ3v) is 8.49. The molecule has 2 aliphatic rings. The van der Waals surface area contributed by atoms with E-state index in [1.54, 1.807) is 48.5 Å². The lowest BCUT2D eigenvalue weighted by atomic mass is 10.1. The lowest BCUT2D eigenvalue weighted by Gasteiger charge is -2.34. The van der Waals surface area contributed by atoms with Gasteiger partial charge in [-0.1, -0.05) is 54.1 Å². The molecule has 36 heavy (non-hydrogen) atoms. The fourth-order valence-electron chi connectivity index (χ4n) is 4.74. The Hall–Kier alpha value is -3.36. The molecule has 0 bridgehead atoms. The minimum Gasteiger partial charge on any atom is -0.476 e. The maximum Gasteiger partial charge on any atom is 0.264 e. The van der Waals surface area contributed by atoms with Gasteiger partial charge in [0.25, 0.3) is 15.9 Å². The van der Waals surface area contributed by atoms with Crippen molar-refractivity contribution in [2.24, 2.45) is 0 Å². The molecule has 1 N–H and O–H groups in total. The Labute approximate surface area is 212 Å². The molecule has 1 unspecified atom stereocenters. The zero-order chi connectivity index (χ0) is 25.1. The summed E-state index contributed by atoms with van der Waals surface area (Å²) in [5.41, 5.74) is 3.62. The van der Waals surface area contributed by atoms with Crippen molar-refractivity contribution in [3.8, 4) is 5.75 Å². The zero-order valence-corrected chi connectivity index (χ0v) is 21.2. The van der Waals surface area contributed by atoms with E-state index in [1.807, 2.05) is 19.1 Å². The third-order valence-electron chi connectivity index (χ3n) is 6.70. The summed E-state index contributed by atoms with van der Waals surface area (Å²) in [4.78, 5) is 15.8. The summed E-state index contributed by atoms with van der Waals surface area (Å²) in [5, 5.41) is 2.94. The van der Waals surface area contributed by atoms with Crippen molar-refractivity contribution in [2.45, 2.75) is 43.9 Å². The topological polar surface area (TPSA) is 79.0 Å². The molecule has 0 aliphatic carbocycles. The number of sulfonamides is 1. The summed E-state index contributed by atoms with van der Waals surface area (Å²) in [6, 6.07) is 21.8. The van der Waals surface area contributed by atoms with Gasteiger partial charge >= 0.3 is 0 Å². The van der Waals surface area contributed by atoms with E-state index in [-0.39, 0.29) is 17.3 Å². The highest BCUT2D eigenvalue weighted by atomic mass is 32.2. The number of carbonyl (C=O) groups is 1. The highest BCUT2D eigenvalue weighted by Gasteiger charge is 2.37. The Kier molecular flexibility index (Phi) is 6.98. The van der Waals surface area contributed by atoms with Crippen LogP contribution in [0.5, 0.6) is 5.75 Å². The van der Waals surface area contributed by atoms with Gasteiger partial charge in [0, 0.05) is 13.1 Å². The highest BCUT2D eigenvalue weighted by Crippen LogP contribution is 2.36. The molecule has 0 aromatic heterocycles. The van der Waals surface area contributed by atoms with E-state index in [0.717, 1.165) is 30.8 Å². The van der Waals surface area contributed by atoms with Crippen LogP contribution in [0.25, 0.3) is 0 Å². The second-order valence-electron chi connectivity index (χ2n) is 9.44. The fourth-order valence-corrected chi connectivity index (χ4v) is 6.22. The van der Waals surface area contributed by atoms with Crippen LogP contribution in [-0.2, 0) is 27.9 Å². The lowest BCUT2D eigenvalue weighted by molar-refractivity contribution is -0.127. The van der Waals surface area contributed by atoms with Gasteiger partial charge in [-0.05, 0) is 68.2 Å². The van der Waals surface area contributed by atoms with Gasteiger partial charge in [-0.2, -0.15) is 0 Å². The Morgan fingerprint density at radius 3 is 2.47 bits per heavy atom. The van der Waals surface area contributed by atoms with Crippen molar-refractivity contribution in [1.82, 2.24) is 10.2 Å². The standard InChI is InChI=1S/C28H31N3O4S/c1-21-11-13-24(14-12-21)36(33,34)31-20-27(35-26-10-3-2-9-25(26)31)28(32)29-18-22-7-6-8-23(17-22)19-30-15-4-5-16-30/h2-3,6-14,17,27H,4-5,15-16,18-20H2,1H3,(H,29,32). The molecular weight excluding hydrogens is 474 g/mol. The van der Waals surface area contributed by atoms with E-state index in [4.69, 9.17) is 4.74 Å². The average molecular weight is 506 g/mol. The van der Waals surface area contributed by atoms with Gasteiger partial charge in [0.2, 0.25) is 0 Å². The van der Waals surface area contributed by atoms with Gasteiger partial charge in [0.05, 0.1) is 17.1 Å². The summed E-state index contributed by atoms with van der Waals surface area (Å²) in [5.74, 6) is 0.0192. The number of likely N-dealkylation sites (tertiary alicyclic amines) is 1. The highest BCUT2D eigenvalue weighted by molar-refractivity contribution is 7.92. The van der Waals surface area contributed by atoms with Crippen LogP contribution in [-0.4, -0.2) is 45.0 Å². The fraction of sp³-hybridized carbons (Fsp3) is 0.321. The molecule has 3 aromatic carbocycles. The quantitative estimate of drug-likeness (QED) is 0.528. The number of anilines is 1. The molecule has 1 amide bonds. The van der Waals surface area contributed by atoms with E-state index in [0.29, 0.717) is 18.0 Å². The number of nitrogens with zero attached hydrogens (tertiary/aromatic N) is 2. The van der Waals surface area contributed by atoms with Crippen LogP contribution < -0.4 is 14.4 Å². The van der Waals surface area contributed by atoms with Crippen molar-refractivity contribution in [3.63, 3.8) is 0 Å². The SMILES string of the molecule is Cc1ccc(S(=O)(=O)N2CC(C(=O)NCc3cccc(CN4CCCC4)c3)Oc3ccccc32)cc1. The normalized spacial score (nSPS) is 17.9. The average Bonchev–Trinajstić information content (AvgIpc) is 3.40. The lowest BCUT2D eigenvalue weighted by Crippen LogP contribution is -2.50. The molecule has 1 fully saturated rings. The number of carbonyl (C=O) groups excluding carboxylic acids is 1. The smallest absolute Gasteiger partial charge is 0.264 e. The first-order chi connectivity index (χ1) is 17.4. The molecular formula is C28H31N3O4S. The monoisotopic (exact) mass is 505 g/mol. The number of fused-ring (bicyclic) bond motifs is 1. The predicted molar refractivity (Wildman–Crippen MR) is 139 cm³/mol. The maximum absolute atomic E-state index is 13.5. The Balaban J connectivity index is 1.31. The molecule has 7 nitrogen and oxygen atoms in total. The van der Waals surface area contributed by atoms with Crippen molar-refractivity contribution in [2.75, 3.05) is 23.9 Å². The number of para-hydroxylation sites is 2. The second kappa shape index (κ2) is 10.3. The first kappa shape index (κ1) is 24.3. The van der Waals surface area contributed by atoms with Gasteiger partial charge in [0.1, 0.15) is 5.75 Å². The van der Waals surface area contributed by atoms with Crippen LogP contribution in [0.2, 0.25) is 0 Å². The van der Waals surface area contributed by atoms with Gasteiger partial charge in [-0.15, -0.1) is 0 Å². The van der Waals surface area contributed by atoms with Gasteiger partial charge < -0.3 is 10.1 Å². The van der Waals surface area contributed by atoms with E-state index in [2.05, 4.69) is 22.3 Å². The molecule has 2 aliphatic heterocycles. The number of aryl methyl sites for hydroxylation is 1. The van der Waals surface area contributed by atoms with Crippen LogP contribution in [0.1, 0.15) is 29.5 Å². The van der Waals surface area contributed by atoms with Crippen LogP contribution in [0.3, 0.4) is 0 Å². The number of rotatable bonds is 7. The molecule has 0 spiro atoms. The number of hydrogen-bond donors (Lipinski definition) is 1. The Bertz CT molecular complexity index is 1330. The molecule has 0 saturated carbocycles. The summed E-state index contributed by atoms with van der Waals surface area (Å²) in [6.07, 6.45) is 1.53. The largest absolute Gasteiger partial charge is 0.476 e. The van der Waals surface area contributed by atoms with Crippen molar-refractivity contribution < 1.29 is 17.9 Å². The number of benzene rings is 3. The second-order valence-corrected chi connectivity index (χ2v) is 11.3. The van der Waals surface area contributed by atoms with E-state index < -0.39 is 16.1 Å². The van der Waals surface area contributed by atoms with Crippen LogP contribution in [0.4, 0.5) is 5.69 Å². The molecule has 2 heterocycles. The minimum atomic E-state index is -3.87. The van der Waals surface area contributed by atoms with E-state index in [1.165, 1.54) is 22.7 Å². The minimum absolute atomic E-state index is 0.103. The Morgan fingerprint density at radius 1 is 0.972 bits per heavy atom. The summed E-state index contributed by atoms with van der Waals surface area (Å²) < 4.78 is 34.3. The van der Waals surface area contributed by atoms with Gasteiger partial charge in [-0.3, -0.25) is 14.0 Å². The number of nitrogens with one attached hydrogen (secondary N) is 1. The van der Waals surface area contributed by atoms with Crippen molar-refractivity contribution >= 4 is 21.6 Å². The predicted octanol–water partition coefficient (Wildman–Crippen LogP) is 3.86. The molecule has 5 rings (SSSR count). The first-order valence-corrected chi connectivity index (χ1v) is 13.8. The molecule has 188 valence electrons. The van der Waals surface area contributed by atoms with Crippen LogP contribution >= 0.6 is 0 Å². The van der Waals surface area contributed by atoms with Gasteiger partial charge in [-0.25, -0.2) is 8.42 Å². The van der Waals surface area contributed by atoms with Gasteiger partial charge in [0.15, 0.2) is 6.10 Å². The Morgan fingerprint density at radius 2 is 1.69 bits per heavy atom. The third kappa shape index (κ3) is 5.24. The number of hydrogen-bond acceptors (Lipinski definition) is 5. The maximum atomic E-state index is 13.5. The van der Waals surface area contributed by atoms with Crippen molar-refractivity contribution in [3.05, 3.63) is 89.5 Å². The zero-order valence-electron chi connectivity index (χ0n) is 20.4.